The quantitative estimate of drug-likeness (QED) is 0.544. The summed E-state index contributed by atoms with van der Waals surface area (Å²) in [6.45, 7) is 6.61. The minimum absolute atomic E-state index is 0.110. The van der Waals surface area contributed by atoms with Crippen molar-refractivity contribution in [2.75, 3.05) is 0 Å². The molecule has 0 unspecified atom stereocenters. The van der Waals surface area contributed by atoms with E-state index in [1.54, 1.807) is 24.6 Å². The smallest absolute Gasteiger partial charge is 0.257 e. The first-order valence-electron chi connectivity index (χ1n) is 9.27. The van der Waals surface area contributed by atoms with Gasteiger partial charge in [-0.05, 0) is 45.0 Å². The fourth-order valence-electron chi connectivity index (χ4n) is 3.12. The third-order valence-electron chi connectivity index (χ3n) is 4.68. The lowest BCUT2D eigenvalue weighted by Gasteiger charge is -2.11. The molecule has 1 N–H and O–H groups in total. The Hall–Kier alpha value is -3.26. The molecule has 7 nitrogen and oxygen atoms in total. The topological polar surface area (TPSA) is 90.0 Å². The SMILES string of the molecule is CCn1cc(C(=O)NCc2sc(-c3ccco3)nc2C)c(=O)c2ccc(C)nc21. The van der Waals surface area contributed by atoms with E-state index in [1.807, 2.05) is 37.5 Å². The van der Waals surface area contributed by atoms with Gasteiger partial charge in [0.2, 0.25) is 5.43 Å². The lowest BCUT2D eigenvalue weighted by molar-refractivity contribution is 0.0949. The average molecular weight is 408 g/mol. The number of hydrogen-bond acceptors (Lipinski definition) is 6. The number of fused-ring (bicyclic) bond motifs is 1. The predicted molar refractivity (Wildman–Crippen MR) is 112 cm³/mol. The Morgan fingerprint density at radius 2 is 2.07 bits per heavy atom. The maximum atomic E-state index is 12.9. The van der Waals surface area contributed by atoms with Crippen LogP contribution >= 0.6 is 11.3 Å². The molecule has 8 heteroatoms. The Morgan fingerprint density at radius 1 is 1.24 bits per heavy atom. The van der Waals surface area contributed by atoms with Gasteiger partial charge in [-0.2, -0.15) is 0 Å². The number of hydrogen-bond donors (Lipinski definition) is 1. The van der Waals surface area contributed by atoms with Crippen LogP contribution in [0.1, 0.15) is 33.5 Å². The summed E-state index contributed by atoms with van der Waals surface area (Å²) in [6.07, 6.45) is 3.18. The number of carbonyl (C=O) groups excluding carboxylic acids is 1. The first-order chi connectivity index (χ1) is 14.0. The van der Waals surface area contributed by atoms with Crippen molar-refractivity contribution in [1.82, 2.24) is 19.9 Å². The van der Waals surface area contributed by atoms with Crippen LogP contribution in [0.2, 0.25) is 0 Å². The standard InChI is InChI=1S/C21H20N4O3S/c1-4-25-11-15(18(26)14-8-7-12(2)23-19(14)25)20(27)22-10-17-13(3)24-21(29-17)16-6-5-9-28-16/h5-9,11H,4,10H2,1-3H3,(H,22,27). The van der Waals surface area contributed by atoms with Crippen LogP contribution < -0.4 is 10.7 Å². The van der Waals surface area contributed by atoms with Crippen LogP contribution in [0.15, 0.2) is 45.9 Å². The molecule has 148 valence electrons. The number of furan rings is 1. The molecule has 4 heterocycles. The molecule has 0 atom stereocenters. The van der Waals surface area contributed by atoms with Gasteiger partial charge in [-0.1, -0.05) is 0 Å². The van der Waals surface area contributed by atoms with Gasteiger partial charge in [0, 0.05) is 23.3 Å². The molecule has 0 radical (unpaired) electrons. The van der Waals surface area contributed by atoms with E-state index >= 15 is 0 Å². The lowest BCUT2D eigenvalue weighted by Crippen LogP contribution is -2.29. The number of nitrogens with zero attached hydrogens (tertiary/aromatic N) is 3. The number of aromatic nitrogens is 3. The Bertz CT molecular complexity index is 1260. The molecule has 0 saturated carbocycles. The molecule has 29 heavy (non-hydrogen) atoms. The van der Waals surface area contributed by atoms with E-state index in [2.05, 4.69) is 15.3 Å². The number of amides is 1. The zero-order chi connectivity index (χ0) is 20.5. The fourth-order valence-corrected chi connectivity index (χ4v) is 4.09. The highest BCUT2D eigenvalue weighted by Gasteiger charge is 2.17. The van der Waals surface area contributed by atoms with Gasteiger partial charge in [0.25, 0.3) is 5.91 Å². The molecule has 4 aromatic rings. The van der Waals surface area contributed by atoms with E-state index in [1.165, 1.54) is 11.3 Å². The highest BCUT2D eigenvalue weighted by atomic mass is 32.1. The number of rotatable bonds is 5. The third-order valence-corrected chi connectivity index (χ3v) is 5.85. The van der Waals surface area contributed by atoms with Crippen molar-refractivity contribution >= 4 is 28.3 Å². The van der Waals surface area contributed by atoms with Crippen LogP contribution in [0.5, 0.6) is 0 Å². The van der Waals surface area contributed by atoms with Crippen LogP contribution in [0.25, 0.3) is 21.8 Å². The summed E-state index contributed by atoms with van der Waals surface area (Å²) in [7, 11) is 0. The van der Waals surface area contributed by atoms with Crippen molar-refractivity contribution in [3.63, 3.8) is 0 Å². The number of nitrogens with one attached hydrogen (secondary N) is 1. The monoisotopic (exact) mass is 408 g/mol. The van der Waals surface area contributed by atoms with Crippen molar-refractivity contribution in [2.24, 2.45) is 0 Å². The van der Waals surface area contributed by atoms with Crippen LogP contribution in [-0.2, 0) is 13.1 Å². The zero-order valence-corrected chi connectivity index (χ0v) is 17.2. The van der Waals surface area contributed by atoms with Crippen LogP contribution in [-0.4, -0.2) is 20.4 Å². The van der Waals surface area contributed by atoms with Crippen molar-refractivity contribution in [3.05, 3.63) is 68.8 Å². The van der Waals surface area contributed by atoms with Gasteiger partial charge in [0.05, 0.1) is 23.9 Å². The summed E-state index contributed by atoms with van der Waals surface area (Å²) in [4.78, 5) is 35.5. The van der Waals surface area contributed by atoms with Gasteiger partial charge in [0.1, 0.15) is 11.2 Å². The second-order valence-electron chi connectivity index (χ2n) is 6.67. The minimum atomic E-state index is -0.410. The summed E-state index contributed by atoms with van der Waals surface area (Å²) < 4.78 is 7.21. The largest absolute Gasteiger partial charge is 0.462 e. The van der Waals surface area contributed by atoms with Crippen molar-refractivity contribution < 1.29 is 9.21 Å². The molecule has 0 aromatic carbocycles. The molecule has 1 amide bonds. The van der Waals surface area contributed by atoms with E-state index in [0.29, 0.717) is 29.9 Å². The first-order valence-corrected chi connectivity index (χ1v) is 10.1. The van der Waals surface area contributed by atoms with Crippen LogP contribution in [0.3, 0.4) is 0 Å². The third kappa shape index (κ3) is 3.58. The number of carbonyl (C=O) groups is 1. The molecule has 0 bridgehead atoms. The Labute approximate surface area is 171 Å². The summed E-state index contributed by atoms with van der Waals surface area (Å²) in [5.41, 5.74) is 2.04. The summed E-state index contributed by atoms with van der Waals surface area (Å²) in [6, 6.07) is 7.16. The van der Waals surface area contributed by atoms with Crippen LogP contribution in [0.4, 0.5) is 0 Å². The highest BCUT2D eigenvalue weighted by Crippen LogP contribution is 2.28. The molecule has 0 saturated heterocycles. The number of thiazole rings is 1. The van der Waals surface area contributed by atoms with Crippen molar-refractivity contribution in [3.8, 4) is 10.8 Å². The van der Waals surface area contributed by atoms with Gasteiger partial charge < -0.3 is 14.3 Å². The number of pyridine rings is 2. The van der Waals surface area contributed by atoms with Gasteiger partial charge in [0.15, 0.2) is 10.8 Å². The minimum Gasteiger partial charge on any atom is -0.462 e. The Morgan fingerprint density at radius 3 is 2.79 bits per heavy atom. The van der Waals surface area contributed by atoms with E-state index < -0.39 is 5.91 Å². The molecular formula is C21H20N4O3S. The lowest BCUT2D eigenvalue weighted by atomic mass is 10.1. The molecule has 0 spiro atoms. The first kappa shape index (κ1) is 19.1. The average Bonchev–Trinajstić information content (AvgIpc) is 3.36. The number of aryl methyl sites for hydroxylation is 3. The fraction of sp³-hybridized carbons (Fsp3) is 0.238. The normalized spacial score (nSPS) is 11.1. The maximum Gasteiger partial charge on any atom is 0.257 e. The Balaban J connectivity index is 1.61. The summed E-state index contributed by atoms with van der Waals surface area (Å²) in [5, 5.41) is 4.06. The molecule has 0 aliphatic heterocycles. The highest BCUT2D eigenvalue weighted by molar-refractivity contribution is 7.15. The maximum absolute atomic E-state index is 12.9. The Kier molecular flexibility index (Phi) is 5.02. The molecule has 4 aromatic heterocycles. The van der Waals surface area contributed by atoms with Gasteiger partial charge in [-0.25, -0.2) is 9.97 Å². The zero-order valence-electron chi connectivity index (χ0n) is 16.4. The van der Waals surface area contributed by atoms with Gasteiger partial charge >= 0.3 is 0 Å². The second kappa shape index (κ2) is 7.63. The van der Waals surface area contributed by atoms with Gasteiger partial charge in [-0.15, -0.1) is 11.3 Å². The molecule has 0 aliphatic rings. The predicted octanol–water partition coefficient (Wildman–Crippen LogP) is 3.68. The van der Waals surface area contributed by atoms with Crippen molar-refractivity contribution in [2.45, 2.75) is 33.9 Å². The molecule has 0 aliphatic carbocycles. The van der Waals surface area contributed by atoms with E-state index in [9.17, 15) is 9.59 Å². The van der Waals surface area contributed by atoms with Gasteiger partial charge in [-0.3, -0.25) is 9.59 Å². The molecule has 0 fully saturated rings. The summed E-state index contributed by atoms with van der Waals surface area (Å²) >= 11 is 1.46. The van der Waals surface area contributed by atoms with E-state index in [-0.39, 0.29) is 11.0 Å². The van der Waals surface area contributed by atoms with Crippen LogP contribution in [0, 0.1) is 13.8 Å². The second-order valence-corrected chi connectivity index (χ2v) is 7.75. The summed E-state index contributed by atoms with van der Waals surface area (Å²) in [5.74, 6) is 0.283. The van der Waals surface area contributed by atoms with E-state index in [0.717, 1.165) is 21.3 Å². The molecular weight excluding hydrogens is 388 g/mol. The van der Waals surface area contributed by atoms with Crippen molar-refractivity contribution in [1.29, 1.82) is 0 Å². The molecule has 4 rings (SSSR count). The van der Waals surface area contributed by atoms with E-state index in [4.69, 9.17) is 4.42 Å².